The summed E-state index contributed by atoms with van der Waals surface area (Å²) in [5, 5.41) is 0. The first-order valence-corrected chi connectivity index (χ1v) is 7.68. The Kier molecular flexibility index (Phi) is 4.81. The van der Waals surface area contributed by atoms with Crippen LogP contribution in [0.4, 0.5) is 4.39 Å². The topological polar surface area (TPSA) is 23.6 Å². The van der Waals surface area contributed by atoms with Gasteiger partial charge in [0.15, 0.2) is 0 Å². The Labute approximate surface area is 127 Å². The summed E-state index contributed by atoms with van der Waals surface area (Å²) in [4.78, 5) is 16.7. The molecule has 1 saturated heterocycles. The third-order valence-electron chi connectivity index (χ3n) is 3.81. The number of aryl methyl sites for hydroxylation is 1. The molecule has 0 aliphatic carbocycles. The zero-order valence-corrected chi connectivity index (χ0v) is 13.7. The van der Waals surface area contributed by atoms with Crippen LogP contribution in [0.3, 0.4) is 0 Å². The van der Waals surface area contributed by atoms with Crippen LogP contribution in [0.15, 0.2) is 16.6 Å². The lowest BCUT2D eigenvalue weighted by Gasteiger charge is -2.37. The molecule has 0 aromatic heterocycles. The summed E-state index contributed by atoms with van der Waals surface area (Å²) in [5.41, 5.74) is 1.04. The molecule has 0 atom stereocenters. The largest absolute Gasteiger partial charge is 0.336 e. The van der Waals surface area contributed by atoms with Gasteiger partial charge in [-0.3, -0.25) is 9.69 Å². The predicted molar refractivity (Wildman–Crippen MR) is 81.4 cm³/mol. The number of rotatable bonds is 2. The Morgan fingerprint density at radius 1 is 1.25 bits per heavy atom. The molecule has 0 bridgehead atoms. The molecule has 20 heavy (non-hydrogen) atoms. The Morgan fingerprint density at radius 3 is 2.40 bits per heavy atom. The smallest absolute Gasteiger partial charge is 0.255 e. The molecule has 1 aromatic rings. The van der Waals surface area contributed by atoms with Gasteiger partial charge in [-0.05, 0) is 54.4 Å². The third kappa shape index (κ3) is 3.20. The number of nitrogens with zero attached hydrogens (tertiary/aromatic N) is 2. The highest BCUT2D eigenvalue weighted by molar-refractivity contribution is 9.10. The summed E-state index contributed by atoms with van der Waals surface area (Å²) >= 11 is 3.29. The first-order chi connectivity index (χ1) is 9.40. The predicted octanol–water partition coefficient (Wildman–Crippen LogP) is 3.06. The van der Waals surface area contributed by atoms with E-state index in [1.807, 2.05) is 4.90 Å². The van der Waals surface area contributed by atoms with Crippen LogP contribution in [0.25, 0.3) is 0 Å². The number of benzene rings is 1. The molecule has 1 amide bonds. The maximum Gasteiger partial charge on any atom is 0.255 e. The van der Waals surface area contributed by atoms with Crippen LogP contribution in [0.5, 0.6) is 0 Å². The highest BCUT2D eigenvalue weighted by Gasteiger charge is 2.24. The highest BCUT2D eigenvalue weighted by Crippen LogP contribution is 2.23. The maximum absolute atomic E-state index is 13.4. The van der Waals surface area contributed by atoms with Gasteiger partial charge in [-0.2, -0.15) is 0 Å². The molecule has 0 saturated carbocycles. The Bertz CT molecular complexity index is 511. The van der Waals surface area contributed by atoms with Crippen LogP contribution in [-0.4, -0.2) is 47.9 Å². The zero-order valence-electron chi connectivity index (χ0n) is 12.1. The molecule has 110 valence electrons. The van der Waals surface area contributed by atoms with Crippen molar-refractivity contribution in [2.75, 3.05) is 26.2 Å². The van der Waals surface area contributed by atoms with Gasteiger partial charge in [0.05, 0.1) is 5.56 Å². The standard InChI is InChI=1S/C15H20BrFN2O/c1-10(2)18-4-6-19(7-5-18)15(20)12-8-11(3)14(17)9-13(12)16/h8-10H,4-7H2,1-3H3. The minimum Gasteiger partial charge on any atom is -0.336 e. The van der Waals surface area contributed by atoms with Crippen LogP contribution in [-0.2, 0) is 0 Å². The van der Waals surface area contributed by atoms with E-state index < -0.39 is 0 Å². The van der Waals surface area contributed by atoms with Crippen LogP contribution in [0.1, 0.15) is 29.8 Å². The van der Waals surface area contributed by atoms with E-state index in [9.17, 15) is 9.18 Å². The molecule has 0 radical (unpaired) electrons. The average Bonchev–Trinajstić information content (AvgIpc) is 2.42. The summed E-state index contributed by atoms with van der Waals surface area (Å²) in [5.74, 6) is -0.318. The van der Waals surface area contributed by atoms with Crippen molar-refractivity contribution in [3.05, 3.63) is 33.5 Å². The minimum atomic E-state index is -0.293. The number of halogens is 2. The molecule has 1 aliphatic heterocycles. The van der Waals surface area contributed by atoms with Crippen LogP contribution in [0.2, 0.25) is 0 Å². The number of hydrogen-bond donors (Lipinski definition) is 0. The van der Waals surface area contributed by atoms with Gasteiger partial charge in [0.1, 0.15) is 5.82 Å². The SMILES string of the molecule is Cc1cc(C(=O)N2CCN(C(C)C)CC2)c(Br)cc1F. The van der Waals surface area contributed by atoms with E-state index in [-0.39, 0.29) is 11.7 Å². The second-order valence-corrected chi connectivity index (χ2v) is 6.36. The summed E-state index contributed by atoms with van der Waals surface area (Å²) in [6.45, 7) is 9.23. The van der Waals surface area contributed by atoms with Crippen LogP contribution >= 0.6 is 15.9 Å². The Hall–Kier alpha value is -0.940. The molecular formula is C15H20BrFN2O. The fourth-order valence-corrected chi connectivity index (χ4v) is 2.92. The van der Waals surface area contributed by atoms with E-state index in [1.165, 1.54) is 6.07 Å². The van der Waals surface area contributed by atoms with Crippen molar-refractivity contribution < 1.29 is 9.18 Å². The number of piperazine rings is 1. The van der Waals surface area contributed by atoms with Gasteiger partial charge in [0.2, 0.25) is 0 Å². The monoisotopic (exact) mass is 342 g/mol. The first kappa shape index (κ1) is 15.4. The molecule has 1 fully saturated rings. The van der Waals surface area contributed by atoms with Gasteiger partial charge in [-0.15, -0.1) is 0 Å². The Morgan fingerprint density at radius 2 is 1.85 bits per heavy atom. The van der Waals surface area contributed by atoms with Gasteiger partial charge in [-0.1, -0.05) is 0 Å². The van der Waals surface area contributed by atoms with Crippen LogP contribution < -0.4 is 0 Å². The van der Waals surface area contributed by atoms with Gasteiger partial charge >= 0.3 is 0 Å². The number of amides is 1. The quantitative estimate of drug-likeness (QED) is 0.824. The lowest BCUT2D eigenvalue weighted by Crippen LogP contribution is -2.50. The number of hydrogen-bond acceptors (Lipinski definition) is 2. The molecule has 1 heterocycles. The van der Waals surface area contributed by atoms with Crippen molar-refractivity contribution in [3.8, 4) is 0 Å². The van der Waals surface area contributed by atoms with E-state index in [1.54, 1.807) is 13.0 Å². The Balaban J connectivity index is 2.11. The van der Waals surface area contributed by atoms with Gasteiger partial charge < -0.3 is 4.90 Å². The van der Waals surface area contributed by atoms with E-state index in [0.717, 1.165) is 26.2 Å². The molecule has 2 rings (SSSR count). The fourth-order valence-electron chi connectivity index (χ4n) is 2.43. The fraction of sp³-hybridized carbons (Fsp3) is 0.533. The molecule has 3 nitrogen and oxygen atoms in total. The molecule has 1 aromatic carbocycles. The van der Waals surface area contributed by atoms with Gasteiger partial charge in [-0.25, -0.2) is 4.39 Å². The summed E-state index contributed by atoms with van der Waals surface area (Å²) in [7, 11) is 0. The maximum atomic E-state index is 13.4. The summed E-state index contributed by atoms with van der Waals surface area (Å²) in [6.07, 6.45) is 0. The van der Waals surface area contributed by atoms with Crippen molar-refractivity contribution in [1.29, 1.82) is 0 Å². The average molecular weight is 343 g/mol. The normalized spacial score (nSPS) is 16.8. The van der Waals surface area contributed by atoms with E-state index in [0.29, 0.717) is 21.6 Å². The van der Waals surface area contributed by atoms with Crippen molar-refractivity contribution in [1.82, 2.24) is 9.80 Å². The minimum absolute atomic E-state index is 0.0246. The number of carbonyl (C=O) groups excluding carboxylic acids is 1. The molecule has 0 N–H and O–H groups in total. The van der Waals surface area contributed by atoms with Crippen molar-refractivity contribution in [2.24, 2.45) is 0 Å². The summed E-state index contributed by atoms with van der Waals surface area (Å²) < 4.78 is 14.0. The molecule has 5 heteroatoms. The third-order valence-corrected chi connectivity index (χ3v) is 4.47. The molecule has 0 unspecified atom stereocenters. The number of carbonyl (C=O) groups is 1. The van der Waals surface area contributed by atoms with Crippen molar-refractivity contribution >= 4 is 21.8 Å². The van der Waals surface area contributed by atoms with Gasteiger partial charge in [0.25, 0.3) is 5.91 Å². The van der Waals surface area contributed by atoms with E-state index in [2.05, 4.69) is 34.7 Å². The van der Waals surface area contributed by atoms with Crippen molar-refractivity contribution in [3.63, 3.8) is 0 Å². The second-order valence-electron chi connectivity index (χ2n) is 5.50. The lowest BCUT2D eigenvalue weighted by molar-refractivity contribution is 0.0594. The summed E-state index contributed by atoms with van der Waals surface area (Å²) in [6, 6.07) is 3.50. The molecule has 1 aliphatic rings. The molecular weight excluding hydrogens is 323 g/mol. The molecule has 0 spiro atoms. The van der Waals surface area contributed by atoms with Crippen molar-refractivity contribution in [2.45, 2.75) is 26.8 Å². The second kappa shape index (κ2) is 6.22. The zero-order chi connectivity index (χ0) is 14.9. The van der Waals surface area contributed by atoms with Crippen LogP contribution in [0, 0.1) is 12.7 Å². The lowest BCUT2D eigenvalue weighted by atomic mass is 10.1. The van der Waals surface area contributed by atoms with E-state index in [4.69, 9.17) is 0 Å². The van der Waals surface area contributed by atoms with E-state index >= 15 is 0 Å². The highest BCUT2D eigenvalue weighted by atomic mass is 79.9. The first-order valence-electron chi connectivity index (χ1n) is 6.89. The van der Waals surface area contributed by atoms with Gasteiger partial charge in [0, 0.05) is 36.7 Å².